The fourth-order valence-electron chi connectivity index (χ4n) is 1.09. The van der Waals surface area contributed by atoms with Gasteiger partial charge in [0.05, 0.1) is 6.54 Å². The number of rotatable bonds is 3. The first-order chi connectivity index (χ1) is 7.36. The van der Waals surface area contributed by atoms with Crippen molar-refractivity contribution in [2.75, 3.05) is 0 Å². The quantitative estimate of drug-likeness (QED) is 0.742. The Morgan fingerprint density at radius 3 is 2.87 bits per heavy atom. The molecular formula is C9H9N5O. The predicted molar refractivity (Wildman–Crippen MR) is 51.8 cm³/mol. The van der Waals surface area contributed by atoms with E-state index in [0.717, 1.165) is 0 Å². The van der Waals surface area contributed by atoms with Gasteiger partial charge in [0.15, 0.2) is 0 Å². The molecule has 2 rings (SSSR count). The number of aromatic nitrogens is 4. The molecule has 15 heavy (non-hydrogen) atoms. The molecule has 2 aromatic rings. The van der Waals surface area contributed by atoms with Crippen molar-refractivity contribution in [3.8, 4) is 0 Å². The summed E-state index contributed by atoms with van der Waals surface area (Å²) in [6.45, 7) is 0.334. The van der Waals surface area contributed by atoms with Crippen LogP contribution in [0.3, 0.4) is 0 Å². The van der Waals surface area contributed by atoms with Gasteiger partial charge in [-0.2, -0.15) is 5.10 Å². The van der Waals surface area contributed by atoms with E-state index >= 15 is 0 Å². The molecular weight excluding hydrogens is 194 g/mol. The molecule has 0 saturated heterocycles. The lowest BCUT2D eigenvalue weighted by Gasteiger charge is -2.01. The normalized spacial score (nSPS) is 9.87. The van der Waals surface area contributed by atoms with Gasteiger partial charge in [-0.25, -0.2) is 4.98 Å². The number of carbonyl (C=O) groups excluding carboxylic acids is 1. The lowest BCUT2D eigenvalue weighted by molar-refractivity contribution is 0.0950. The van der Waals surface area contributed by atoms with E-state index in [9.17, 15) is 4.79 Å². The molecule has 0 aromatic carbocycles. The Labute approximate surface area is 85.8 Å². The van der Waals surface area contributed by atoms with Crippen LogP contribution in [-0.2, 0) is 6.54 Å². The molecule has 0 fully saturated rings. The topological polar surface area (TPSA) is 83.6 Å². The number of amides is 1. The molecule has 0 bridgehead atoms. The van der Waals surface area contributed by atoms with Crippen molar-refractivity contribution in [2.45, 2.75) is 6.54 Å². The number of hydrogen-bond acceptors (Lipinski definition) is 4. The highest BCUT2D eigenvalue weighted by Crippen LogP contribution is 1.96. The van der Waals surface area contributed by atoms with Crippen LogP contribution in [0, 0.1) is 0 Å². The molecule has 0 unspecified atom stereocenters. The number of nitrogens with one attached hydrogen (secondary N) is 2. The zero-order valence-electron chi connectivity index (χ0n) is 7.84. The van der Waals surface area contributed by atoms with Crippen LogP contribution in [0.4, 0.5) is 0 Å². The molecule has 2 N–H and O–H groups in total. The molecule has 0 aliphatic heterocycles. The molecule has 6 nitrogen and oxygen atoms in total. The van der Waals surface area contributed by atoms with Gasteiger partial charge in [0.2, 0.25) is 0 Å². The molecule has 0 aliphatic rings. The third-order valence-electron chi connectivity index (χ3n) is 1.82. The van der Waals surface area contributed by atoms with Gasteiger partial charge in [-0.1, -0.05) is 0 Å². The van der Waals surface area contributed by atoms with Crippen molar-refractivity contribution in [1.82, 2.24) is 25.5 Å². The third kappa shape index (κ3) is 2.37. The number of hydrogen-bond donors (Lipinski definition) is 2. The van der Waals surface area contributed by atoms with Gasteiger partial charge in [-0.05, 0) is 12.1 Å². The monoisotopic (exact) mass is 203 g/mol. The average molecular weight is 203 g/mol. The molecule has 0 aliphatic carbocycles. The molecule has 6 heteroatoms. The van der Waals surface area contributed by atoms with Crippen molar-refractivity contribution < 1.29 is 4.79 Å². The Kier molecular flexibility index (Phi) is 2.68. The molecule has 0 saturated carbocycles. The van der Waals surface area contributed by atoms with Crippen LogP contribution in [0.15, 0.2) is 30.9 Å². The third-order valence-corrected chi connectivity index (χ3v) is 1.82. The molecule has 2 heterocycles. The number of carbonyl (C=O) groups is 1. The van der Waals surface area contributed by atoms with E-state index in [1.807, 2.05) is 0 Å². The lowest BCUT2D eigenvalue weighted by Crippen LogP contribution is -2.23. The van der Waals surface area contributed by atoms with Crippen molar-refractivity contribution >= 4 is 5.91 Å². The van der Waals surface area contributed by atoms with E-state index in [1.165, 1.54) is 6.33 Å². The van der Waals surface area contributed by atoms with Crippen LogP contribution in [0.2, 0.25) is 0 Å². The van der Waals surface area contributed by atoms with E-state index in [1.54, 1.807) is 24.5 Å². The molecule has 2 aromatic heterocycles. The van der Waals surface area contributed by atoms with E-state index in [2.05, 4.69) is 25.5 Å². The zero-order chi connectivity index (χ0) is 10.5. The first-order valence-corrected chi connectivity index (χ1v) is 4.39. The summed E-state index contributed by atoms with van der Waals surface area (Å²) in [5.41, 5.74) is 0.574. The smallest absolute Gasteiger partial charge is 0.251 e. The summed E-state index contributed by atoms with van der Waals surface area (Å²) in [4.78, 5) is 19.3. The standard InChI is InChI=1S/C9H9N5O/c15-9(7-1-3-10-4-2-7)11-5-8-12-6-13-14-8/h1-4,6H,5H2,(H,11,15)(H,12,13,14). The second-order valence-electron chi connectivity index (χ2n) is 2.85. The average Bonchev–Trinajstić information content (AvgIpc) is 2.80. The maximum Gasteiger partial charge on any atom is 0.251 e. The van der Waals surface area contributed by atoms with E-state index in [-0.39, 0.29) is 5.91 Å². The van der Waals surface area contributed by atoms with Gasteiger partial charge in [0.1, 0.15) is 12.2 Å². The largest absolute Gasteiger partial charge is 0.345 e. The zero-order valence-corrected chi connectivity index (χ0v) is 7.84. The van der Waals surface area contributed by atoms with Gasteiger partial charge >= 0.3 is 0 Å². The highest BCUT2D eigenvalue weighted by atomic mass is 16.1. The van der Waals surface area contributed by atoms with E-state index in [0.29, 0.717) is 17.9 Å². The van der Waals surface area contributed by atoms with E-state index in [4.69, 9.17) is 0 Å². The minimum atomic E-state index is -0.159. The van der Waals surface area contributed by atoms with Crippen LogP contribution in [0.1, 0.15) is 16.2 Å². The molecule has 0 atom stereocenters. The Bertz CT molecular complexity index is 425. The summed E-state index contributed by atoms with van der Waals surface area (Å²) in [6.07, 6.45) is 4.54. The summed E-state index contributed by atoms with van der Waals surface area (Å²) in [6, 6.07) is 3.30. The lowest BCUT2D eigenvalue weighted by atomic mass is 10.2. The van der Waals surface area contributed by atoms with Crippen LogP contribution in [-0.4, -0.2) is 26.1 Å². The van der Waals surface area contributed by atoms with E-state index < -0.39 is 0 Å². The van der Waals surface area contributed by atoms with Crippen LogP contribution < -0.4 is 5.32 Å². The summed E-state index contributed by atoms with van der Waals surface area (Å²) >= 11 is 0. The second kappa shape index (κ2) is 4.32. The summed E-state index contributed by atoms with van der Waals surface area (Å²) < 4.78 is 0. The molecule has 1 amide bonds. The van der Waals surface area contributed by atoms with Gasteiger partial charge in [0.25, 0.3) is 5.91 Å². The summed E-state index contributed by atoms with van der Waals surface area (Å²) in [5.74, 6) is 0.464. The van der Waals surface area contributed by atoms with Gasteiger partial charge in [-0.3, -0.25) is 14.9 Å². The minimum absolute atomic E-state index is 0.159. The first kappa shape index (κ1) is 9.32. The second-order valence-corrected chi connectivity index (χ2v) is 2.85. The van der Waals surface area contributed by atoms with Crippen molar-refractivity contribution in [3.05, 3.63) is 42.2 Å². The molecule has 0 spiro atoms. The predicted octanol–water partition coefficient (Wildman–Crippen LogP) is 0.130. The number of pyridine rings is 1. The van der Waals surface area contributed by atoms with Gasteiger partial charge in [-0.15, -0.1) is 0 Å². The highest BCUT2D eigenvalue weighted by Gasteiger charge is 2.04. The SMILES string of the molecule is O=C(NCc1ncn[nH]1)c1ccncc1. The van der Waals surface area contributed by atoms with Gasteiger partial charge < -0.3 is 5.32 Å². The molecule has 0 radical (unpaired) electrons. The van der Waals surface area contributed by atoms with Gasteiger partial charge in [0, 0.05) is 18.0 Å². The number of aromatic amines is 1. The Hall–Kier alpha value is -2.24. The number of H-pyrrole nitrogens is 1. The van der Waals surface area contributed by atoms with Crippen LogP contribution >= 0.6 is 0 Å². The summed E-state index contributed by atoms with van der Waals surface area (Å²) in [7, 11) is 0. The fourth-order valence-corrected chi connectivity index (χ4v) is 1.09. The Balaban J connectivity index is 1.94. The van der Waals surface area contributed by atoms with Crippen molar-refractivity contribution in [2.24, 2.45) is 0 Å². The Morgan fingerprint density at radius 1 is 1.40 bits per heavy atom. The maximum atomic E-state index is 11.5. The summed E-state index contributed by atoms with van der Waals surface area (Å²) in [5, 5.41) is 9.03. The number of nitrogens with zero attached hydrogens (tertiary/aromatic N) is 3. The minimum Gasteiger partial charge on any atom is -0.345 e. The van der Waals surface area contributed by atoms with Crippen molar-refractivity contribution in [1.29, 1.82) is 0 Å². The first-order valence-electron chi connectivity index (χ1n) is 4.39. The Morgan fingerprint density at radius 2 is 2.20 bits per heavy atom. The fraction of sp³-hybridized carbons (Fsp3) is 0.111. The highest BCUT2D eigenvalue weighted by molar-refractivity contribution is 5.93. The van der Waals surface area contributed by atoms with Crippen LogP contribution in [0.25, 0.3) is 0 Å². The van der Waals surface area contributed by atoms with Crippen LogP contribution in [0.5, 0.6) is 0 Å². The maximum absolute atomic E-state index is 11.5. The molecule has 76 valence electrons. The van der Waals surface area contributed by atoms with Crippen molar-refractivity contribution in [3.63, 3.8) is 0 Å².